The number of rotatable bonds is 7. The lowest BCUT2D eigenvalue weighted by Crippen LogP contribution is -2.16. The first-order valence-electron chi connectivity index (χ1n) is 3.26. The Bertz CT molecular complexity index is 83.7. The molecule has 4 nitrogen and oxygen atoms in total. The molecule has 58 valence electrons. The fourth-order valence-electron chi connectivity index (χ4n) is 0.572. The summed E-state index contributed by atoms with van der Waals surface area (Å²) in [6.45, 7) is 1.37. The minimum atomic E-state index is 0.674. The molecule has 4 heteroatoms. The van der Waals surface area contributed by atoms with Crippen LogP contribution in [0.1, 0.15) is 12.8 Å². The summed E-state index contributed by atoms with van der Waals surface area (Å²) in [6.07, 6.45) is 3.15. The Morgan fingerprint density at radius 1 is 0.900 bits per heavy atom. The van der Waals surface area contributed by atoms with Gasteiger partial charge in [0, 0.05) is 13.1 Å². The second-order valence-electron chi connectivity index (χ2n) is 1.85. The van der Waals surface area contributed by atoms with Gasteiger partial charge in [0.2, 0.25) is 12.8 Å². The minimum absolute atomic E-state index is 0.674. The lowest BCUT2D eigenvalue weighted by molar-refractivity contribution is -0.110. The van der Waals surface area contributed by atoms with Crippen LogP contribution in [0.3, 0.4) is 0 Å². The Hall–Kier alpha value is -1.06. The van der Waals surface area contributed by atoms with Crippen molar-refractivity contribution in [2.75, 3.05) is 13.1 Å². The van der Waals surface area contributed by atoms with Gasteiger partial charge in [0.05, 0.1) is 0 Å². The van der Waals surface area contributed by atoms with E-state index in [4.69, 9.17) is 0 Å². The first kappa shape index (κ1) is 8.94. The standard InChI is InChI=1S/C6H12N2O2/c9-5-7-3-1-2-4-8-6-10/h5-6H,1-4H2,(H,7,9)(H,8,10). The van der Waals surface area contributed by atoms with Crippen molar-refractivity contribution >= 4 is 12.8 Å². The van der Waals surface area contributed by atoms with E-state index in [0.29, 0.717) is 25.9 Å². The summed E-state index contributed by atoms with van der Waals surface area (Å²) in [6, 6.07) is 0. The van der Waals surface area contributed by atoms with Crippen molar-refractivity contribution in [3.63, 3.8) is 0 Å². The van der Waals surface area contributed by atoms with Gasteiger partial charge in [-0.1, -0.05) is 0 Å². The average molecular weight is 144 g/mol. The maximum absolute atomic E-state index is 9.71. The zero-order chi connectivity index (χ0) is 7.66. The van der Waals surface area contributed by atoms with E-state index in [0.717, 1.165) is 12.8 Å². The summed E-state index contributed by atoms with van der Waals surface area (Å²) in [4.78, 5) is 19.4. The third kappa shape index (κ3) is 6.94. The van der Waals surface area contributed by atoms with Gasteiger partial charge in [-0.25, -0.2) is 0 Å². The Morgan fingerprint density at radius 2 is 1.30 bits per heavy atom. The van der Waals surface area contributed by atoms with Gasteiger partial charge in [-0.15, -0.1) is 0 Å². The van der Waals surface area contributed by atoms with Crippen LogP contribution < -0.4 is 10.6 Å². The van der Waals surface area contributed by atoms with E-state index in [-0.39, 0.29) is 0 Å². The molecule has 0 aromatic heterocycles. The van der Waals surface area contributed by atoms with Gasteiger partial charge in [-0.3, -0.25) is 9.59 Å². The predicted molar refractivity (Wildman–Crippen MR) is 37.4 cm³/mol. The lowest BCUT2D eigenvalue weighted by Gasteiger charge is -1.97. The molecule has 0 fully saturated rings. The molecule has 0 aromatic carbocycles. The third-order valence-corrected chi connectivity index (χ3v) is 1.06. The van der Waals surface area contributed by atoms with E-state index >= 15 is 0 Å². The molecule has 0 saturated heterocycles. The van der Waals surface area contributed by atoms with E-state index in [1.807, 2.05) is 0 Å². The maximum Gasteiger partial charge on any atom is 0.207 e. The molecular formula is C6H12N2O2. The average Bonchev–Trinajstić information content (AvgIpc) is 1.97. The van der Waals surface area contributed by atoms with Crippen molar-refractivity contribution in [1.82, 2.24) is 10.6 Å². The van der Waals surface area contributed by atoms with Gasteiger partial charge in [-0.2, -0.15) is 0 Å². The SMILES string of the molecule is O=CNCCCCNC=O. The van der Waals surface area contributed by atoms with Gasteiger partial charge < -0.3 is 10.6 Å². The Balaban J connectivity index is 2.76. The van der Waals surface area contributed by atoms with Crippen molar-refractivity contribution in [1.29, 1.82) is 0 Å². The number of amides is 2. The summed E-state index contributed by atoms with van der Waals surface area (Å²) >= 11 is 0. The summed E-state index contributed by atoms with van der Waals surface area (Å²) in [5.41, 5.74) is 0. The first-order valence-corrected chi connectivity index (χ1v) is 3.26. The number of unbranched alkanes of at least 4 members (excludes halogenated alkanes) is 1. The first-order chi connectivity index (χ1) is 4.91. The molecule has 0 radical (unpaired) electrons. The molecule has 0 rings (SSSR count). The van der Waals surface area contributed by atoms with E-state index in [1.54, 1.807) is 0 Å². The summed E-state index contributed by atoms with van der Waals surface area (Å²) in [5, 5.41) is 5.06. The smallest absolute Gasteiger partial charge is 0.207 e. The largest absolute Gasteiger partial charge is 0.359 e. The van der Waals surface area contributed by atoms with E-state index < -0.39 is 0 Å². The summed E-state index contributed by atoms with van der Waals surface area (Å²) in [7, 11) is 0. The van der Waals surface area contributed by atoms with Crippen molar-refractivity contribution < 1.29 is 9.59 Å². The molecule has 0 aromatic rings. The molecular weight excluding hydrogens is 132 g/mol. The molecule has 2 N–H and O–H groups in total. The summed E-state index contributed by atoms with van der Waals surface area (Å²) < 4.78 is 0. The fraction of sp³-hybridized carbons (Fsp3) is 0.667. The number of hydrogen-bond donors (Lipinski definition) is 2. The molecule has 0 atom stereocenters. The third-order valence-electron chi connectivity index (χ3n) is 1.06. The van der Waals surface area contributed by atoms with Crippen molar-refractivity contribution in [2.45, 2.75) is 12.8 Å². The molecule has 0 saturated carbocycles. The molecule has 0 bridgehead atoms. The predicted octanol–water partition coefficient (Wildman–Crippen LogP) is -0.741. The monoisotopic (exact) mass is 144 g/mol. The van der Waals surface area contributed by atoms with Crippen LogP contribution in [0.2, 0.25) is 0 Å². The van der Waals surface area contributed by atoms with Crippen LogP contribution >= 0.6 is 0 Å². The highest BCUT2D eigenvalue weighted by Crippen LogP contribution is 1.81. The lowest BCUT2D eigenvalue weighted by atomic mass is 10.3. The number of carbonyl (C=O) groups is 2. The topological polar surface area (TPSA) is 58.2 Å². The Labute approximate surface area is 60.0 Å². The van der Waals surface area contributed by atoms with Crippen LogP contribution in [0.5, 0.6) is 0 Å². The van der Waals surface area contributed by atoms with Gasteiger partial charge in [0.1, 0.15) is 0 Å². The molecule has 0 aliphatic carbocycles. The van der Waals surface area contributed by atoms with Crippen molar-refractivity contribution in [3.8, 4) is 0 Å². The molecule has 10 heavy (non-hydrogen) atoms. The Morgan fingerprint density at radius 3 is 1.60 bits per heavy atom. The molecule has 0 aliphatic rings. The highest BCUT2D eigenvalue weighted by Gasteiger charge is 1.84. The quantitative estimate of drug-likeness (QED) is 0.365. The van der Waals surface area contributed by atoms with Crippen molar-refractivity contribution in [3.05, 3.63) is 0 Å². The minimum Gasteiger partial charge on any atom is -0.359 e. The number of nitrogens with one attached hydrogen (secondary N) is 2. The highest BCUT2D eigenvalue weighted by atomic mass is 16.1. The van der Waals surface area contributed by atoms with Crippen LogP contribution in [0.15, 0.2) is 0 Å². The highest BCUT2D eigenvalue weighted by molar-refractivity contribution is 5.46. The molecule has 0 unspecified atom stereocenters. The zero-order valence-electron chi connectivity index (χ0n) is 5.80. The molecule has 0 heterocycles. The normalized spacial score (nSPS) is 8.40. The van der Waals surface area contributed by atoms with E-state index in [1.165, 1.54) is 0 Å². The fourth-order valence-corrected chi connectivity index (χ4v) is 0.572. The maximum atomic E-state index is 9.71. The zero-order valence-corrected chi connectivity index (χ0v) is 5.80. The second-order valence-corrected chi connectivity index (χ2v) is 1.85. The second kappa shape index (κ2) is 7.94. The molecule has 0 spiro atoms. The van der Waals surface area contributed by atoms with Crippen molar-refractivity contribution in [2.24, 2.45) is 0 Å². The van der Waals surface area contributed by atoms with Crippen LogP contribution in [-0.4, -0.2) is 25.9 Å². The number of hydrogen-bond acceptors (Lipinski definition) is 2. The van der Waals surface area contributed by atoms with Gasteiger partial charge in [-0.05, 0) is 12.8 Å². The van der Waals surface area contributed by atoms with E-state index in [2.05, 4.69) is 10.6 Å². The van der Waals surface area contributed by atoms with Gasteiger partial charge in [0.25, 0.3) is 0 Å². The van der Waals surface area contributed by atoms with Gasteiger partial charge in [0.15, 0.2) is 0 Å². The summed E-state index contributed by atoms with van der Waals surface area (Å²) in [5.74, 6) is 0. The van der Waals surface area contributed by atoms with Crippen LogP contribution in [0, 0.1) is 0 Å². The van der Waals surface area contributed by atoms with E-state index in [9.17, 15) is 9.59 Å². The number of carbonyl (C=O) groups excluding carboxylic acids is 2. The molecule has 2 amide bonds. The Kier molecular flexibility index (Phi) is 7.10. The van der Waals surface area contributed by atoms with Crippen LogP contribution in [-0.2, 0) is 9.59 Å². The molecule has 0 aliphatic heterocycles. The van der Waals surface area contributed by atoms with Crippen LogP contribution in [0.25, 0.3) is 0 Å². The van der Waals surface area contributed by atoms with Crippen LogP contribution in [0.4, 0.5) is 0 Å². The van der Waals surface area contributed by atoms with Gasteiger partial charge >= 0.3 is 0 Å².